The molecular formula is C25H22N2O3. The van der Waals surface area contributed by atoms with Gasteiger partial charge in [-0.3, -0.25) is 4.79 Å². The molecule has 30 heavy (non-hydrogen) atoms. The molecule has 150 valence electrons. The molecule has 1 aromatic heterocycles. The van der Waals surface area contributed by atoms with Gasteiger partial charge < -0.3 is 14.5 Å². The van der Waals surface area contributed by atoms with Gasteiger partial charge in [0.15, 0.2) is 0 Å². The van der Waals surface area contributed by atoms with Gasteiger partial charge in [-0.25, -0.2) is 4.98 Å². The van der Waals surface area contributed by atoms with E-state index in [0.717, 1.165) is 28.3 Å². The van der Waals surface area contributed by atoms with Crippen molar-refractivity contribution in [3.63, 3.8) is 0 Å². The maximum Gasteiger partial charge on any atom is 0.255 e. The van der Waals surface area contributed by atoms with Crippen LogP contribution in [-0.2, 0) is 6.61 Å². The van der Waals surface area contributed by atoms with Crippen LogP contribution in [0, 0.1) is 13.8 Å². The fourth-order valence-electron chi connectivity index (χ4n) is 2.97. The lowest BCUT2D eigenvalue weighted by Crippen LogP contribution is -2.12. The van der Waals surface area contributed by atoms with Gasteiger partial charge in [-0.15, -0.1) is 0 Å². The highest BCUT2D eigenvalue weighted by Gasteiger charge is 2.11. The van der Waals surface area contributed by atoms with Gasteiger partial charge in [0, 0.05) is 16.8 Å². The van der Waals surface area contributed by atoms with Crippen LogP contribution in [0.25, 0.3) is 11.5 Å². The number of aromatic nitrogens is 1. The molecule has 0 unspecified atom stereocenters. The van der Waals surface area contributed by atoms with E-state index in [4.69, 9.17) is 9.15 Å². The molecule has 0 aliphatic rings. The lowest BCUT2D eigenvalue weighted by molar-refractivity contribution is 0.102. The lowest BCUT2D eigenvalue weighted by atomic mass is 10.1. The van der Waals surface area contributed by atoms with E-state index in [1.165, 1.54) is 0 Å². The molecule has 0 saturated carbocycles. The van der Waals surface area contributed by atoms with Gasteiger partial charge >= 0.3 is 0 Å². The fourth-order valence-corrected chi connectivity index (χ4v) is 2.97. The summed E-state index contributed by atoms with van der Waals surface area (Å²) in [5, 5.41) is 2.93. The Morgan fingerprint density at radius 1 is 0.967 bits per heavy atom. The number of nitrogens with one attached hydrogen (secondary N) is 1. The number of carbonyl (C=O) groups excluding carboxylic acids is 1. The van der Waals surface area contributed by atoms with Crippen LogP contribution in [-0.4, -0.2) is 10.9 Å². The third kappa shape index (κ3) is 4.58. The Kier molecular flexibility index (Phi) is 5.61. The number of carbonyl (C=O) groups is 1. The largest absolute Gasteiger partial charge is 0.489 e. The van der Waals surface area contributed by atoms with E-state index >= 15 is 0 Å². The van der Waals surface area contributed by atoms with Gasteiger partial charge in [-0.05, 0) is 61.9 Å². The number of rotatable bonds is 6. The number of hydrogen-bond acceptors (Lipinski definition) is 4. The molecule has 4 rings (SSSR count). The van der Waals surface area contributed by atoms with Crippen molar-refractivity contribution in [2.24, 2.45) is 0 Å². The minimum absolute atomic E-state index is 0.178. The van der Waals surface area contributed by atoms with Crippen molar-refractivity contribution in [2.75, 3.05) is 5.32 Å². The Labute approximate surface area is 175 Å². The molecule has 4 aromatic rings. The topological polar surface area (TPSA) is 64.4 Å². The number of hydrogen-bond donors (Lipinski definition) is 1. The first kappa shape index (κ1) is 19.5. The Balaban J connectivity index is 1.40. The minimum Gasteiger partial charge on any atom is -0.489 e. The first-order valence-corrected chi connectivity index (χ1v) is 9.71. The molecular weight excluding hydrogens is 376 g/mol. The van der Waals surface area contributed by atoms with Crippen molar-refractivity contribution in [3.05, 3.63) is 101 Å². The van der Waals surface area contributed by atoms with Crippen LogP contribution in [0.3, 0.4) is 0 Å². The molecule has 1 amide bonds. The Morgan fingerprint density at radius 3 is 2.43 bits per heavy atom. The molecule has 1 heterocycles. The normalized spacial score (nSPS) is 10.6. The Bertz CT molecular complexity index is 1130. The van der Waals surface area contributed by atoms with E-state index in [1.54, 1.807) is 12.1 Å². The summed E-state index contributed by atoms with van der Waals surface area (Å²) in [6, 6.07) is 24.5. The highest BCUT2D eigenvalue weighted by molar-refractivity contribution is 6.04. The molecule has 0 aliphatic carbocycles. The second kappa shape index (κ2) is 8.66. The first-order valence-electron chi connectivity index (χ1n) is 9.71. The highest BCUT2D eigenvalue weighted by atomic mass is 16.5. The summed E-state index contributed by atoms with van der Waals surface area (Å²) in [6.07, 6.45) is 0. The molecule has 0 spiro atoms. The summed E-state index contributed by atoms with van der Waals surface area (Å²) in [7, 11) is 0. The maximum atomic E-state index is 12.6. The number of nitrogens with zero attached hydrogens (tertiary/aromatic N) is 1. The van der Waals surface area contributed by atoms with E-state index in [0.29, 0.717) is 23.7 Å². The molecule has 0 aliphatic heterocycles. The van der Waals surface area contributed by atoms with Crippen molar-refractivity contribution >= 4 is 11.6 Å². The molecule has 1 N–H and O–H groups in total. The highest BCUT2D eigenvalue weighted by Crippen LogP contribution is 2.24. The standard InChI is InChI=1S/C25H22N2O3/c1-17-18(2)30-25(26-17)21-7-6-8-22(15-21)27-24(28)20-13-11-19(12-14-20)16-29-23-9-4-3-5-10-23/h3-15H,16H2,1-2H3,(H,27,28). The predicted molar refractivity (Wildman–Crippen MR) is 117 cm³/mol. The molecule has 5 heteroatoms. The van der Waals surface area contributed by atoms with Crippen molar-refractivity contribution in [1.82, 2.24) is 4.98 Å². The number of oxazole rings is 1. The van der Waals surface area contributed by atoms with Gasteiger partial charge in [-0.2, -0.15) is 0 Å². The minimum atomic E-state index is -0.178. The van der Waals surface area contributed by atoms with Crippen LogP contribution in [0.15, 0.2) is 83.3 Å². The van der Waals surface area contributed by atoms with Crippen LogP contribution >= 0.6 is 0 Å². The summed E-state index contributed by atoms with van der Waals surface area (Å²) in [5.41, 5.74) is 3.93. The third-order valence-electron chi connectivity index (χ3n) is 4.76. The molecule has 0 bridgehead atoms. The average molecular weight is 398 g/mol. The average Bonchev–Trinajstić information content (AvgIpc) is 3.12. The van der Waals surface area contributed by atoms with Gasteiger partial charge in [0.05, 0.1) is 5.69 Å². The van der Waals surface area contributed by atoms with Crippen LogP contribution in [0.2, 0.25) is 0 Å². The SMILES string of the molecule is Cc1nc(-c2cccc(NC(=O)c3ccc(COc4ccccc4)cc3)c2)oc1C. The monoisotopic (exact) mass is 398 g/mol. The van der Waals surface area contributed by atoms with E-state index < -0.39 is 0 Å². The van der Waals surface area contributed by atoms with E-state index in [2.05, 4.69) is 10.3 Å². The third-order valence-corrected chi connectivity index (χ3v) is 4.76. The van der Waals surface area contributed by atoms with Crippen LogP contribution in [0.5, 0.6) is 5.75 Å². The molecule has 5 nitrogen and oxygen atoms in total. The van der Waals surface area contributed by atoms with Gasteiger partial charge in [-0.1, -0.05) is 36.4 Å². The van der Waals surface area contributed by atoms with Gasteiger partial charge in [0.2, 0.25) is 5.89 Å². The van der Waals surface area contributed by atoms with E-state index in [-0.39, 0.29) is 5.91 Å². The molecule has 3 aromatic carbocycles. The second-order valence-electron chi connectivity index (χ2n) is 6.99. The summed E-state index contributed by atoms with van der Waals surface area (Å²) in [5.74, 6) is 1.97. The summed E-state index contributed by atoms with van der Waals surface area (Å²) in [4.78, 5) is 17.0. The van der Waals surface area contributed by atoms with Crippen LogP contribution in [0.1, 0.15) is 27.4 Å². The van der Waals surface area contributed by atoms with Crippen molar-refractivity contribution in [3.8, 4) is 17.2 Å². The van der Waals surface area contributed by atoms with Crippen LogP contribution in [0.4, 0.5) is 5.69 Å². The summed E-state index contributed by atoms with van der Waals surface area (Å²) >= 11 is 0. The number of para-hydroxylation sites is 1. The lowest BCUT2D eigenvalue weighted by Gasteiger charge is -2.08. The number of ether oxygens (including phenoxy) is 1. The van der Waals surface area contributed by atoms with E-state index in [1.807, 2.05) is 80.6 Å². The fraction of sp³-hybridized carbons (Fsp3) is 0.120. The Hall–Kier alpha value is -3.86. The Morgan fingerprint density at radius 2 is 1.73 bits per heavy atom. The number of anilines is 1. The number of amides is 1. The first-order chi connectivity index (χ1) is 14.6. The number of benzene rings is 3. The van der Waals surface area contributed by atoms with E-state index in [9.17, 15) is 4.79 Å². The quantitative estimate of drug-likeness (QED) is 0.446. The van der Waals surface area contributed by atoms with Crippen LogP contribution < -0.4 is 10.1 Å². The van der Waals surface area contributed by atoms with Crippen molar-refractivity contribution in [2.45, 2.75) is 20.5 Å². The van der Waals surface area contributed by atoms with Crippen molar-refractivity contribution in [1.29, 1.82) is 0 Å². The summed E-state index contributed by atoms with van der Waals surface area (Å²) in [6.45, 7) is 4.23. The van der Waals surface area contributed by atoms with Crippen molar-refractivity contribution < 1.29 is 13.9 Å². The smallest absolute Gasteiger partial charge is 0.255 e. The molecule has 0 saturated heterocycles. The maximum absolute atomic E-state index is 12.6. The number of aryl methyl sites for hydroxylation is 2. The summed E-state index contributed by atoms with van der Waals surface area (Å²) < 4.78 is 11.4. The predicted octanol–water partition coefficient (Wildman–Crippen LogP) is 5.79. The second-order valence-corrected chi connectivity index (χ2v) is 6.99. The zero-order valence-corrected chi connectivity index (χ0v) is 16.9. The molecule has 0 fully saturated rings. The molecule has 0 atom stereocenters. The zero-order chi connectivity index (χ0) is 20.9. The molecule has 0 radical (unpaired) electrons. The zero-order valence-electron chi connectivity index (χ0n) is 16.9. The van der Waals surface area contributed by atoms with Gasteiger partial charge in [0.25, 0.3) is 5.91 Å². The van der Waals surface area contributed by atoms with Gasteiger partial charge in [0.1, 0.15) is 18.1 Å².